The zero-order valence-electron chi connectivity index (χ0n) is 15.0. The molecule has 0 radical (unpaired) electrons. The van der Waals surface area contributed by atoms with Crippen LogP contribution in [-0.4, -0.2) is 58.9 Å². The average Bonchev–Trinajstić information content (AvgIpc) is 2.68. The van der Waals surface area contributed by atoms with E-state index in [1.807, 2.05) is 40.1 Å². The Labute approximate surface area is 153 Å². The SMILES string of the molecule is O=C(O)CC1CCN(C(=O)C2CCN(C(=O)c3ccccc3)CC2)CC1. The Balaban J connectivity index is 1.47. The lowest BCUT2D eigenvalue weighted by atomic mass is 9.90. The fourth-order valence-electron chi connectivity index (χ4n) is 3.96. The molecule has 2 heterocycles. The van der Waals surface area contributed by atoms with Gasteiger partial charge in [-0.05, 0) is 43.7 Å². The maximum atomic E-state index is 12.7. The second-order valence-corrected chi connectivity index (χ2v) is 7.30. The highest BCUT2D eigenvalue weighted by molar-refractivity contribution is 5.94. The second-order valence-electron chi connectivity index (χ2n) is 7.30. The molecule has 1 aromatic rings. The topological polar surface area (TPSA) is 77.9 Å². The van der Waals surface area contributed by atoms with Gasteiger partial charge in [-0.15, -0.1) is 0 Å². The number of nitrogens with zero attached hydrogens (tertiary/aromatic N) is 2. The molecule has 0 bridgehead atoms. The number of rotatable bonds is 4. The summed E-state index contributed by atoms with van der Waals surface area (Å²) in [4.78, 5) is 39.7. The molecule has 2 saturated heterocycles. The molecule has 6 nitrogen and oxygen atoms in total. The minimum absolute atomic E-state index is 0.0224. The maximum absolute atomic E-state index is 12.7. The van der Waals surface area contributed by atoms with Gasteiger partial charge in [0, 0.05) is 44.1 Å². The molecule has 2 aliphatic rings. The van der Waals surface area contributed by atoms with Crippen molar-refractivity contribution >= 4 is 17.8 Å². The van der Waals surface area contributed by atoms with Gasteiger partial charge in [0.2, 0.25) is 5.91 Å². The van der Waals surface area contributed by atoms with Crippen molar-refractivity contribution < 1.29 is 19.5 Å². The number of carbonyl (C=O) groups excluding carboxylic acids is 2. The van der Waals surface area contributed by atoms with Gasteiger partial charge in [-0.3, -0.25) is 14.4 Å². The van der Waals surface area contributed by atoms with Crippen LogP contribution in [0.4, 0.5) is 0 Å². The standard InChI is InChI=1S/C20H26N2O4/c23-18(24)14-15-6-10-21(11-7-15)20(26)17-8-12-22(13-9-17)19(25)16-4-2-1-3-5-16/h1-5,15,17H,6-14H2,(H,23,24). The van der Waals surface area contributed by atoms with Gasteiger partial charge >= 0.3 is 5.97 Å². The van der Waals surface area contributed by atoms with E-state index in [0.717, 1.165) is 12.8 Å². The van der Waals surface area contributed by atoms with Gasteiger partial charge in [0.05, 0.1) is 0 Å². The van der Waals surface area contributed by atoms with Crippen LogP contribution in [-0.2, 0) is 9.59 Å². The highest BCUT2D eigenvalue weighted by atomic mass is 16.4. The highest BCUT2D eigenvalue weighted by Gasteiger charge is 2.32. The first-order chi connectivity index (χ1) is 12.5. The normalized spacial score (nSPS) is 19.4. The van der Waals surface area contributed by atoms with Crippen molar-refractivity contribution in [3.63, 3.8) is 0 Å². The van der Waals surface area contributed by atoms with Crippen LogP contribution < -0.4 is 0 Å². The largest absolute Gasteiger partial charge is 0.481 e. The van der Waals surface area contributed by atoms with Crippen LogP contribution in [0.1, 0.15) is 42.5 Å². The van der Waals surface area contributed by atoms with E-state index in [0.29, 0.717) is 44.6 Å². The molecule has 26 heavy (non-hydrogen) atoms. The van der Waals surface area contributed by atoms with Crippen LogP contribution >= 0.6 is 0 Å². The van der Waals surface area contributed by atoms with Gasteiger partial charge in [-0.1, -0.05) is 18.2 Å². The lowest BCUT2D eigenvalue weighted by molar-refractivity contribution is -0.140. The number of carboxylic acid groups (broad SMARTS) is 1. The quantitative estimate of drug-likeness (QED) is 0.895. The fourth-order valence-corrected chi connectivity index (χ4v) is 3.96. The third-order valence-electron chi connectivity index (χ3n) is 5.54. The van der Waals surface area contributed by atoms with Crippen molar-refractivity contribution in [3.8, 4) is 0 Å². The Morgan fingerprint density at radius 2 is 1.46 bits per heavy atom. The Bertz CT molecular complexity index is 645. The number of hydrogen-bond acceptors (Lipinski definition) is 3. The van der Waals surface area contributed by atoms with Gasteiger partial charge in [0.25, 0.3) is 5.91 Å². The van der Waals surface area contributed by atoms with E-state index < -0.39 is 5.97 Å². The first-order valence-electron chi connectivity index (χ1n) is 9.39. The molecule has 0 spiro atoms. The van der Waals surface area contributed by atoms with Gasteiger partial charge in [-0.2, -0.15) is 0 Å². The van der Waals surface area contributed by atoms with Gasteiger partial charge in [0.1, 0.15) is 0 Å². The molecular weight excluding hydrogens is 332 g/mol. The zero-order chi connectivity index (χ0) is 18.5. The third-order valence-corrected chi connectivity index (χ3v) is 5.54. The third kappa shape index (κ3) is 4.42. The summed E-state index contributed by atoms with van der Waals surface area (Å²) in [5, 5.41) is 8.88. The van der Waals surface area contributed by atoms with Gasteiger partial charge in [0.15, 0.2) is 0 Å². The Morgan fingerprint density at radius 1 is 0.885 bits per heavy atom. The van der Waals surface area contributed by atoms with E-state index in [-0.39, 0.29) is 30.1 Å². The van der Waals surface area contributed by atoms with E-state index in [1.54, 1.807) is 0 Å². The molecule has 2 amide bonds. The molecule has 0 atom stereocenters. The minimum Gasteiger partial charge on any atom is -0.481 e. The molecule has 1 aromatic carbocycles. The first kappa shape index (κ1) is 18.4. The predicted octanol–water partition coefficient (Wildman–Crippen LogP) is 2.25. The molecule has 0 aliphatic carbocycles. The average molecular weight is 358 g/mol. The van der Waals surface area contributed by atoms with Crippen LogP contribution in [0.2, 0.25) is 0 Å². The summed E-state index contributed by atoms with van der Waals surface area (Å²) in [7, 11) is 0. The lowest BCUT2D eigenvalue weighted by Crippen LogP contribution is -2.46. The summed E-state index contributed by atoms with van der Waals surface area (Å²) >= 11 is 0. The molecule has 3 rings (SSSR count). The number of amides is 2. The van der Waals surface area contributed by atoms with Crippen molar-refractivity contribution in [2.45, 2.75) is 32.1 Å². The van der Waals surface area contributed by atoms with Crippen LogP contribution in [0, 0.1) is 11.8 Å². The Kier molecular flexibility index (Phi) is 5.91. The van der Waals surface area contributed by atoms with Crippen LogP contribution in [0.15, 0.2) is 30.3 Å². The van der Waals surface area contributed by atoms with E-state index >= 15 is 0 Å². The Hall–Kier alpha value is -2.37. The number of piperidine rings is 2. The van der Waals surface area contributed by atoms with Crippen LogP contribution in [0.5, 0.6) is 0 Å². The molecular formula is C20H26N2O4. The number of aliphatic carboxylic acids is 1. The van der Waals surface area contributed by atoms with E-state index in [4.69, 9.17) is 5.11 Å². The molecule has 0 unspecified atom stereocenters. The van der Waals surface area contributed by atoms with Crippen molar-refractivity contribution in [1.29, 1.82) is 0 Å². The van der Waals surface area contributed by atoms with Crippen molar-refractivity contribution in [1.82, 2.24) is 9.80 Å². The summed E-state index contributed by atoms with van der Waals surface area (Å²) in [5.74, 6) is -0.394. The molecule has 0 saturated carbocycles. The number of hydrogen-bond donors (Lipinski definition) is 1. The van der Waals surface area contributed by atoms with Gasteiger partial charge < -0.3 is 14.9 Å². The summed E-state index contributed by atoms with van der Waals surface area (Å²) in [6.07, 6.45) is 3.13. The summed E-state index contributed by atoms with van der Waals surface area (Å²) in [6.45, 7) is 2.53. The molecule has 2 aliphatic heterocycles. The molecule has 2 fully saturated rings. The summed E-state index contributed by atoms with van der Waals surface area (Å²) < 4.78 is 0. The summed E-state index contributed by atoms with van der Waals surface area (Å²) in [5.41, 5.74) is 0.692. The second kappa shape index (κ2) is 8.34. The maximum Gasteiger partial charge on any atom is 0.303 e. The molecule has 0 aromatic heterocycles. The molecule has 1 N–H and O–H groups in total. The first-order valence-corrected chi connectivity index (χ1v) is 9.39. The predicted molar refractivity (Wildman–Crippen MR) is 96.6 cm³/mol. The number of carboxylic acids is 1. The molecule has 140 valence electrons. The van der Waals surface area contributed by atoms with Crippen molar-refractivity contribution in [2.24, 2.45) is 11.8 Å². The minimum atomic E-state index is -0.759. The molecule has 6 heteroatoms. The smallest absolute Gasteiger partial charge is 0.303 e. The van der Waals surface area contributed by atoms with Crippen LogP contribution in [0.25, 0.3) is 0 Å². The van der Waals surface area contributed by atoms with Crippen LogP contribution in [0.3, 0.4) is 0 Å². The Morgan fingerprint density at radius 3 is 2.04 bits per heavy atom. The number of benzene rings is 1. The van der Waals surface area contributed by atoms with Gasteiger partial charge in [-0.25, -0.2) is 0 Å². The summed E-state index contributed by atoms with van der Waals surface area (Å²) in [6, 6.07) is 9.25. The zero-order valence-corrected chi connectivity index (χ0v) is 15.0. The van der Waals surface area contributed by atoms with E-state index in [1.165, 1.54) is 0 Å². The fraction of sp³-hybridized carbons (Fsp3) is 0.550. The monoisotopic (exact) mass is 358 g/mol. The highest BCUT2D eigenvalue weighted by Crippen LogP contribution is 2.25. The van der Waals surface area contributed by atoms with E-state index in [2.05, 4.69) is 0 Å². The number of likely N-dealkylation sites (tertiary alicyclic amines) is 2. The lowest BCUT2D eigenvalue weighted by Gasteiger charge is -2.37. The van der Waals surface area contributed by atoms with Crippen molar-refractivity contribution in [2.75, 3.05) is 26.2 Å². The van der Waals surface area contributed by atoms with Crippen molar-refractivity contribution in [3.05, 3.63) is 35.9 Å². The number of carbonyl (C=O) groups is 3. The van der Waals surface area contributed by atoms with E-state index in [9.17, 15) is 14.4 Å².